The van der Waals surface area contributed by atoms with Gasteiger partial charge in [0.25, 0.3) is 0 Å². The molecule has 1 aliphatic heterocycles. The van der Waals surface area contributed by atoms with Crippen LogP contribution in [0, 0.1) is 0 Å². The summed E-state index contributed by atoms with van der Waals surface area (Å²) in [6.07, 6.45) is 0.756. The van der Waals surface area contributed by atoms with Crippen LogP contribution in [-0.2, 0) is 0 Å². The minimum Gasteiger partial charge on any atom is -0.497 e. The van der Waals surface area contributed by atoms with E-state index in [0.29, 0.717) is 28.6 Å². The van der Waals surface area contributed by atoms with E-state index in [1.807, 2.05) is 12.1 Å². The first-order chi connectivity index (χ1) is 15.0. The predicted molar refractivity (Wildman–Crippen MR) is 119 cm³/mol. The van der Waals surface area contributed by atoms with Crippen LogP contribution in [0.3, 0.4) is 0 Å². The lowest BCUT2D eigenvalue weighted by atomic mass is 10.1. The average Bonchev–Trinajstić information content (AvgIpc) is 2.75. The molecule has 2 aromatic rings. The number of benzene rings is 2. The highest BCUT2D eigenvalue weighted by Crippen LogP contribution is 2.25. The molecule has 2 amide bonds. The van der Waals surface area contributed by atoms with Gasteiger partial charge in [-0.2, -0.15) is 0 Å². The third-order valence-electron chi connectivity index (χ3n) is 5.00. The van der Waals surface area contributed by atoms with Crippen molar-refractivity contribution in [1.82, 2.24) is 10.2 Å². The molecular formula is C22H28ClN3O5. The Bertz CT molecular complexity index is 836. The van der Waals surface area contributed by atoms with Crippen molar-refractivity contribution in [3.8, 4) is 17.2 Å². The summed E-state index contributed by atoms with van der Waals surface area (Å²) in [4.78, 5) is 14.5. The molecule has 2 aromatic carbocycles. The number of anilines is 1. The molecule has 8 nitrogen and oxygen atoms in total. The summed E-state index contributed by atoms with van der Waals surface area (Å²) >= 11 is 5.88. The maximum atomic E-state index is 12.3. The number of carbonyl (C=O) groups is 1. The minimum absolute atomic E-state index is 0.132. The molecule has 1 aliphatic rings. The Labute approximate surface area is 187 Å². The van der Waals surface area contributed by atoms with Gasteiger partial charge in [0, 0.05) is 48.5 Å². The van der Waals surface area contributed by atoms with E-state index in [2.05, 4.69) is 15.5 Å². The molecule has 3 rings (SSSR count). The number of aliphatic hydroxyl groups excluding tert-OH is 1. The number of nitrogens with one attached hydrogen (secondary N) is 2. The highest BCUT2D eigenvalue weighted by Gasteiger charge is 2.28. The minimum atomic E-state index is -0.401. The fourth-order valence-corrected chi connectivity index (χ4v) is 3.39. The lowest BCUT2D eigenvalue weighted by molar-refractivity contribution is 0.0168. The second kappa shape index (κ2) is 11.1. The molecule has 31 heavy (non-hydrogen) atoms. The average molecular weight is 450 g/mol. The molecule has 0 unspecified atom stereocenters. The van der Waals surface area contributed by atoms with Gasteiger partial charge in [0.05, 0.1) is 26.9 Å². The van der Waals surface area contributed by atoms with Gasteiger partial charge in [-0.25, -0.2) is 4.79 Å². The van der Waals surface area contributed by atoms with Crippen molar-refractivity contribution in [3.05, 3.63) is 47.5 Å². The van der Waals surface area contributed by atoms with Crippen molar-refractivity contribution in [3.63, 3.8) is 0 Å². The Morgan fingerprint density at radius 1 is 1.13 bits per heavy atom. The number of nitrogens with zero attached hydrogens (tertiary/aromatic N) is 1. The number of likely N-dealkylation sites (tertiary alicyclic amines) is 1. The summed E-state index contributed by atoms with van der Waals surface area (Å²) < 4.78 is 16.3. The number of hydrogen-bond donors (Lipinski definition) is 3. The lowest BCUT2D eigenvalue weighted by Gasteiger charge is -2.39. The van der Waals surface area contributed by atoms with Crippen LogP contribution >= 0.6 is 11.6 Å². The van der Waals surface area contributed by atoms with E-state index >= 15 is 0 Å². The standard InChI is InChI=1S/C22H28ClN3O5/c1-29-19-9-17(10-20(11-19)30-2)25-22(28)24-16(14-27)7-8-26-12-21(13-26)31-18-5-3-15(23)4-6-18/h3-6,9-11,16,21,27H,7-8,12-14H2,1-2H3,(H2,24,25,28)/t16-/m0/s1. The largest absolute Gasteiger partial charge is 0.497 e. The Hall–Kier alpha value is -2.68. The number of aliphatic hydroxyl groups is 1. The Morgan fingerprint density at radius 2 is 1.77 bits per heavy atom. The molecule has 9 heteroatoms. The molecule has 3 N–H and O–H groups in total. The molecule has 1 atom stereocenters. The van der Waals surface area contributed by atoms with Gasteiger partial charge in [-0.15, -0.1) is 0 Å². The van der Waals surface area contributed by atoms with Crippen molar-refractivity contribution >= 4 is 23.3 Å². The van der Waals surface area contributed by atoms with Gasteiger partial charge in [-0.05, 0) is 30.7 Å². The van der Waals surface area contributed by atoms with Crippen LogP contribution < -0.4 is 24.8 Å². The van der Waals surface area contributed by atoms with Gasteiger partial charge in [-0.3, -0.25) is 4.90 Å². The zero-order chi connectivity index (χ0) is 22.2. The number of carbonyl (C=O) groups excluding carboxylic acids is 1. The van der Waals surface area contributed by atoms with Crippen molar-refractivity contribution < 1.29 is 24.1 Å². The Balaban J connectivity index is 1.39. The van der Waals surface area contributed by atoms with Gasteiger partial charge < -0.3 is 30.0 Å². The van der Waals surface area contributed by atoms with Crippen molar-refractivity contribution in [1.29, 1.82) is 0 Å². The van der Waals surface area contributed by atoms with E-state index in [0.717, 1.165) is 25.4 Å². The maximum Gasteiger partial charge on any atom is 0.319 e. The number of urea groups is 1. The fraction of sp³-hybridized carbons (Fsp3) is 0.409. The van der Waals surface area contributed by atoms with Crippen LogP contribution in [0.15, 0.2) is 42.5 Å². The second-order valence-electron chi connectivity index (χ2n) is 7.32. The van der Waals surface area contributed by atoms with E-state index in [-0.39, 0.29) is 18.8 Å². The molecular weight excluding hydrogens is 422 g/mol. The summed E-state index contributed by atoms with van der Waals surface area (Å²) in [6.45, 7) is 2.21. The van der Waals surface area contributed by atoms with Crippen LogP contribution in [0.1, 0.15) is 6.42 Å². The zero-order valence-electron chi connectivity index (χ0n) is 17.6. The normalized spacial score (nSPS) is 15.0. The van der Waals surface area contributed by atoms with Gasteiger partial charge >= 0.3 is 6.03 Å². The summed E-state index contributed by atoms with van der Waals surface area (Å²) in [5.41, 5.74) is 0.537. The maximum absolute atomic E-state index is 12.3. The molecule has 0 bridgehead atoms. The molecule has 168 valence electrons. The molecule has 1 fully saturated rings. The van der Waals surface area contributed by atoms with Crippen molar-refractivity contribution in [2.45, 2.75) is 18.6 Å². The lowest BCUT2D eigenvalue weighted by Crippen LogP contribution is -2.55. The molecule has 1 heterocycles. The zero-order valence-corrected chi connectivity index (χ0v) is 18.4. The third kappa shape index (κ3) is 6.92. The van der Waals surface area contributed by atoms with Gasteiger partial charge in [0.2, 0.25) is 0 Å². The Kier molecular flexibility index (Phi) is 8.22. The number of methoxy groups -OCH3 is 2. The fourth-order valence-electron chi connectivity index (χ4n) is 3.26. The summed E-state index contributed by atoms with van der Waals surface area (Å²) in [5.74, 6) is 1.94. The first kappa shape index (κ1) is 23.0. The quantitative estimate of drug-likeness (QED) is 0.516. The van der Waals surface area contributed by atoms with Crippen LogP contribution in [0.4, 0.5) is 10.5 Å². The molecule has 0 aliphatic carbocycles. The number of rotatable bonds is 10. The van der Waals surface area contributed by atoms with E-state index in [4.69, 9.17) is 25.8 Å². The highest BCUT2D eigenvalue weighted by atomic mass is 35.5. The van der Waals surface area contributed by atoms with E-state index < -0.39 is 6.03 Å². The van der Waals surface area contributed by atoms with E-state index in [9.17, 15) is 9.90 Å². The first-order valence-electron chi connectivity index (χ1n) is 10.0. The van der Waals surface area contributed by atoms with Crippen molar-refractivity contribution in [2.24, 2.45) is 0 Å². The van der Waals surface area contributed by atoms with E-state index in [1.165, 1.54) is 0 Å². The SMILES string of the molecule is COc1cc(NC(=O)N[C@H](CO)CCN2CC(Oc3ccc(Cl)cc3)C2)cc(OC)c1. The molecule has 1 saturated heterocycles. The third-order valence-corrected chi connectivity index (χ3v) is 5.25. The topological polar surface area (TPSA) is 92.3 Å². The predicted octanol–water partition coefficient (Wildman–Crippen LogP) is 2.99. The number of hydrogen-bond acceptors (Lipinski definition) is 6. The van der Waals surface area contributed by atoms with E-state index in [1.54, 1.807) is 44.6 Å². The molecule has 0 aromatic heterocycles. The second-order valence-corrected chi connectivity index (χ2v) is 7.76. The summed E-state index contributed by atoms with van der Waals surface area (Å²) in [5, 5.41) is 15.9. The molecule has 0 radical (unpaired) electrons. The monoisotopic (exact) mass is 449 g/mol. The summed E-state index contributed by atoms with van der Waals surface area (Å²) in [6, 6.07) is 11.7. The molecule has 0 spiro atoms. The van der Waals surface area contributed by atoms with Crippen LogP contribution in [0.2, 0.25) is 5.02 Å². The van der Waals surface area contributed by atoms with Gasteiger partial charge in [0.15, 0.2) is 0 Å². The highest BCUT2D eigenvalue weighted by molar-refractivity contribution is 6.30. The van der Waals surface area contributed by atoms with Crippen molar-refractivity contribution in [2.75, 3.05) is 45.8 Å². The van der Waals surface area contributed by atoms with Crippen LogP contribution in [-0.4, -0.2) is 68.6 Å². The molecule has 0 saturated carbocycles. The van der Waals surface area contributed by atoms with Crippen LogP contribution in [0.25, 0.3) is 0 Å². The first-order valence-corrected chi connectivity index (χ1v) is 10.4. The van der Waals surface area contributed by atoms with Crippen LogP contribution in [0.5, 0.6) is 17.2 Å². The number of halogens is 1. The van der Waals surface area contributed by atoms with Gasteiger partial charge in [0.1, 0.15) is 23.4 Å². The number of ether oxygens (including phenoxy) is 3. The summed E-state index contributed by atoms with van der Waals surface area (Å²) in [7, 11) is 3.09. The Morgan fingerprint density at radius 3 is 2.35 bits per heavy atom. The number of amides is 2. The van der Waals surface area contributed by atoms with Gasteiger partial charge in [-0.1, -0.05) is 11.6 Å². The smallest absolute Gasteiger partial charge is 0.319 e.